The van der Waals surface area contributed by atoms with Crippen molar-refractivity contribution in [2.24, 2.45) is 5.92 Å². The molecule has 0 aliphatic heterocycles. The normalized spacial score (nSPS) is 11.2. The van der Waals surface area contributed by atoms with Crippen LogP contribution in [0.25, 0.3) is 0 Å². The van der Waals surface area contributed by atoms with Gasteiger partial charge in [0.25, 0.3) is 0 Å². The highest BCUT2D eigenvalue weighted by Gasteiger charge is 2.04. The van der Waals surface area contributed by atoms with Gasteiger partial charge >= 0.3 is 0 Å². The Morgan fingerprint density at radius 2 is 2.17 bits per heavy atom. The fourth-order valence-electron chi connectivity index (χ4n) is 1.57. The van der Waals surface area contributed by atoms with Crippen molar-refractivity contribution in [1.82, 2.24) is 5.32 Å². The van der Waals surface area contributed by atoms with Crippen molar-refractivity contribution in [3.8, 4) is 0 Å². The summed E-state index contributed by atoms with van der Waals surface area (Å²) in [6.45, 7) is 6.63. The van der Waals surface area contributed by atoms with Crippen LogP contribution in [0.4, 0.5) is 0 Å². The first-order valence-electron chi connectivity index (χ1n) is 6.36. The van der Waals surface area contributed by atoms with Gasteiger partial charge in [-0.25, -0.2) is 0 Å². The van der Waals surface area contributed by atoms with E-state index in [1.807, 2.05) is 11.8 Å². The average Bonchev–Trinajstić information content (AvgIpc) is 2.31. The molecule has 0 aromatic heterocycles. The number of aliphatic hydroxyl groups excluding tert-OH is 1. The predicted octanol–water partition coefficient (Wildman–Crippen LogP) is 3.67. The molecule has 4 heteroatoms. The number of hydrogen-bond acceptors (Lipinski definition) is 3. The molecule has 102 valence electrons. The summed E-state index contributed by atoms with van der Waals surface area (Å²) in [6.07, 6.45) is 0.847. The second-order valence-corrected chi connectivity index (χ2v) is 6.75. The van der Waals surface area contributed by atoms with Crippen molar-refractivity contribution in [2.45, 2.75) is 31.7 Å². The van der Waals surface area contributed by atoms with Crippen LogP contribution in [-0.2, 0) is 6.54 Å². The molecule has 0 aliphatic carbocycles. The molecule has 0 unspecified atom stereocenters. The summed E-state index contributed by atoms with van der Waals surface area (Å²) in [4.78, 5) is 1.31. The molecule has 2 nitrogen and oxygen atoms in total. The van der Waals surface area contributed by atoms with Crippen molar-refractivity contribution in [1.29, 1.82) is 0 Å². The summed E-state index contributed by atoms with van der Waals surface area (Å²) in [5.74, 6) is 1.64. The molecule has 0 fully saturated rings. The van der Waals surface area contributed by atoms with Crippen LogP contribution in [0, 0.1) is 5.92 Å². The van der Waals surface area contributed by atoms with Crippen molar-refractivity contribution >= 4 is 27.7 Å². The van der Waals surface area contributed by atoms with Crippen molar-refractivity contribution < 1.29 is 5.11 Å². The lowest BCUT2D eigenvalue weighted by Gasteiger charge is -2.12. The van der Waals surface area contributed by atoms with E-state index in [1.165, 1.54) is 10.5 Å². The molecule has 0 amide bonds. The molecule has 18 heavy (non-hydrogen) atoms. The fraction of sp³-hybridized carbons (Fsp3) is 0.571. The van der Waals surface area contributed by atoms with E-state index in [4.69, 9.17) is 5.11 Å². The Morgan fingerprint density at radius 1 is 1.39 bits per heavy atom. The SMILES string of the molecule is CC(C)CNCc1cc(Br)ccc1SCCCO. The lowest BCUT2D eigenvalue weighted by Crippen LogP contribution is -2.19. The number of rotatable bonds is 8. The summed E-state index contributed by atoms with van der Waals surface area (Å²) < 4.78 is 1.12. The van der Waals surface area contributed by atoms with E-state index in [2.05, 4.69) is 53.3 Å². The van der Waals surface area contributed by atoms with Crippen molar-refractivity contribution in [3.05, 3.63) is 28.2 Å². The fourth-order valence-corrected chi connectivity index (χ4v) is 2.95. The Bertz CT molecular complexity index is 358. The maximum Gasteiger partial charge on any atom is 0.0439 e. The van der Waals surface area contributed by atoms with Crippen molar-refractivity contribution in [2.75, 3.05) is 18.9 Å². The van der Waals surface area contributed by atoms with Gasteiger partial charge in [-0.15, -0.1) is 11.8 Å². The molecule has 1 aromatic carbocycles. The molecule has 0 aliphatic rings. The highest BCUT2D eigenvalue weighted by atomic mass is 79.9. The number of hydrogen-bond donors (Lipinski definition) is 2. The van der Waals surface area contributed by atoms with Gasteiger partial charge in [-0.1, -0.05) is 29.8 Å². The predicted molar refractivity (Wildman–Crippen MR) is 83.1 cm³/mol. The van der Waals surface area contributed by atoms with E-state index >= 15 is 0 Å². The zero-order valence-electron chi connectivity index (χ0n) is 11.1. The Morgan fingerprint density at radius 3 is 2.83 bits per heavy atom. The molecule has 0 heterocycles. The highest BCUT2D eigenvalue weighted by molar-refractivity contribution is 9.10. The maximum absolute atomic E-state index is 8.83. The molecule has 0 bridgehead atoms. The lowest BCUT2D eigenvalue weighted by atomic mass is 10.2. The molecule has 1 aromatic rings. The zero-order chi connectivity index (χ0) is 13.4. The summed E-state index contributed by atoms with van der Waals surface area (Å²) in [5, 5.41) is 12.3. The Balaban J connectivity index is 2.58. The van der Waals surface area contributed by atoms with Crippen LogP contribution in [0.15, 0.2) is 27.6 Å². The third-order valence-electron chi connectivity index (χ3n) is 2.45. The minimum Gasteiger partial charge on any atom is -0.396 e. The number of benzene rings is 1. The standard InChI is InChI=1S/C14H22BrNOS/c1-11(2)9-16-10-12-8-13(15)4-5-14(12)18-7-3-6-17/h4-5,8,11,16-17H,3,6-7,9-10H2,1-2H3. The minimum atomic E-state index is 0.268. The molecule has 0 atom stereocenters. The third-order valence-corrected chi connectivity index (χ3v) is 4.15. The number of thioether (sulfide) groups is 1. The molecule has 0 saturated carbocycles. The Labute approximate surface area is 123 Å². The van der Waals surface area contributed by atoms with Gasteiger partial charge in [-0.2, -0.15) is 0 Å². The van der Waals surface area contributed by atoms with E-state index in [1.54, 1.807) is 0 Å². The van der Waals surface area contributed by atoms with Crippen molar-refractivity contribution in [3.63, 3.8) is 0 Å². The van der Waals surface area contributed by atoms with Gasteiger partial charge in [0.2, 0.25) is 0 Å². The summed E-state index contributed by atoms with van der Waals surface area (Å²) in [5.41, 5.74) is 1.33. The smallest absolute Gasteiger partial charge is 0.0439 e. The second kappa shape index (κ2) is 8.97. The van der Waals surface area contributed by atoms with Gasteiger partial charge in [0, 0.05) is 28.3 Å². The van der Waals surface area contributed by atoms with E-state index in [-0.39, 0.29) is 6.61 Å². The number of aliphatic hydroxyl groups is 1. The molecular weight excluding hydrogens is 310 g/mol. The van der Waals surface area contributed by atoms with E-state index < -0.39 is 0 Å². The quantitative estimate of drug-likeness (QED) is 0.563. The molecule has 2 N–H and O–H groups in total. The second-order valence-electron chi connectivity index (χ2n) is 4.70. The number of nitrogens with one attached hydrogen (secondary N) is 1. The Hall–Kier alpha value is -0.0300. The maximum atomic E-state index is 8.83. The monoisotopic (exact) mass is 331 g/mol. The van der Waals surface area contributed by atoms with Gasteiger partial charge in [-0.3, -0.25) is 0 Å². The van der Waals surface area contributed by atoms with Gasteiger partial charge in [-0.05, 0) is 42.6 Å². The summed E-state index contributed by atoms with van der Waals surface area (Å²) in [7, 11) is 0. The summed E-state index contributed by atoms with van der Waals surface area (Å²) in [6, 6.07) is 6.40. The highest BCUT2D eigenvalue weighted by Crippen LogP contribution is 2.26. The Kier molecular flexibility index (Phi) is 7.98. The molecule has 1 rings (SSSR count). The van der Waals surface area contributed by atoms with Gasteiger partial charge < -0.3 is 10.4 Å². The minimum absolute atomic E-state index is 0.268. The first-order chi connectivity index (χ1) is 8.63. The van der Waals surface area contributed by atoms with Crippen LogP contribution in [0.3, 0.4) is 0 Å². The van der Waals surface area contributed by atoms with E-state index in [0.29, 0.717) is 5.92 Å². The van der Waals surface area contributed by atoms with Crippen LogP contribution in [0.2, 0.25) is 0 Å². The molecule has 0 saturated heterocycles. The van der Waals surface area contributed by atoms with Crippen LogP contribution in [-0.4, -0.2) is 24.0 Å². The third kappa shape index (κ3) is 6.23. The van der Waals surface area contributed by atoms with E-state index in [0.717, 1.165) is 29.7 Å². The molecule has 0 spiro atoms. The van der Waals surface area contributed by atoms with Gasteiger partial charge in [0.05, 0.1) is 0 Å². The number of halogens is 1. The lowest BCUT2D eigenvalue weighted by molar-refractivity contribution is 0.296. The van der Waals surface area contributed by atoms with Crippen LogP contribution >= 0.6 is 27.7 Å². The average molecular weight is 332 g/mol. The summed E-state index contributed by atoms with van der Waals surface area (Å²) >= 11 is 5.34. The van der Waals surface area contributed by atoms with Crippen LogP contribution in [0.5, 0.6) is 0 Å². The largest absolute Gasteiger partial charge is 0.396 e. The van der Waals surface area contributed by atoms with Crippen LogP contribution in [0.1, 0.15) is 25.8 Å². The van der Waals surface area contributed by atoms with Crippen LogP contribution < -0.4 is 5.32 Å². The topological polar surface area (TPSA) is 32.3 Å². The first kappa shape index (κ1) is 16.0. The first-order valence-corrected chi connectivity index (χ1v) is 8.14. The molecular formula is C14H22BrNOS. The van der Waals surface area contributed by atoms with Gasteiger partial charge in [0.1, 0.15) is 0 Å². The molecule has 0 radical (unpaired) electrons. The van der Waals surface area contributed by atoms with E-state index in [9.17, 15) is 0 Å². The zero-order valence-corrected chi connectivity index (χ0v) is 13.5. The van der Waals surface area contributed by atoms with Gasteiger partial charge in [0.15, 0.2) is 0 Å².